The number of rotatable bonds is 5. The van der Waals surface area contributed by atoms with Crippen LogP contribution in [0, 0.1) is 5.92 Å². The highest BCUT2D eigenvalue weighted by Crippen LogP contribution is 2.21. The maximum atomic E-state index is 11.8. The van der Waals surface area contributed by atoms with E-state index in [1.165, 1.54) is 10.4 Å². The van der Waals surface area contributed by atoms with E-state index < -0.39 is 21.8 Å². The molecule has 2 unspecified atom stereocenters. The lowest BCUT2D eigenvalue weighted by atomic mass is 10.1. The lowest BCUT2D eigenvalue weighted by Gasteiger charge is -2.25. The quantitative estimate of drug-likeness (QED) is 0.504. The summed E-state index contributed by atoms with van der Waals surface area (Å²) in [6.45, 7) is 2.16. The first-order chi connectivity index (χ1) is 8.26. The Balaban J connectivity index is 2.79. The van der Waals surface area contributed by atoms with Gasteiger partial charge in [-0.25, -0.2) is 13.9 Å². The fourth-order valence-electron chi connectivity index (χ4n) is 1.99. The third-order valence-corrected chi connectivity index (χ3v) is 4.04. The highest BCUT2D eigenvalue weighted by atomic mass is 32.2. The third kappa shape index (κ3) is 3.67. The molecule has 1 rings (SSSR count). The van der Waals surface area contributed by atoms with Gasteiger partial charge in [-0.1, -0.05) is 6.92 Å². The molecular weight excluding hydrogens is 260 g/mol. The van der Waals surface area contributed by atoms with E-state index in [0.29, 0.717) is 13.0 Å². The molecule has 0 aromatic rings. The van der Waals surface area contributed by atoms with E-state index in [2.05, 4.69) is 0 Å². The smallest absolute Gasteiger partial charge is 0.266 e. The molecule has 1 aliphatic rings. The molecule has 18 heavy (non-hydrogen) atoms. The summed E-state index contributed by atoms with van der Waals surface area (Å²) in [6.07, 6.45) is 1.69. The predicted octanol–water partition coefficient (Wildman–Crippen LogP) is -0.836. The van der Waals surface area contributed by atoms with Crippen LogP contribution in [-0.2, 0) is 19.4 Å². The van der Waals surface area contributed by atoms with Gasteiger partial charge in [0.05, 0.1) is 5.75 Å². The van der Waals surface area contributed by atoms with E-state index >= 15 is 0 Å². The van der Waals surface area contributed by atoms with Crippen molar-refractivity contribution in [1.29, 1.82) is 0 Å². The van der Waals surface area contributed by atoms with Crippen LogP contribution in [0.2, 0.25) is 0 Å². The summed E-state index contributed by atoms with van der Waals surface area (Å²) in [6, 6.07) is -0.929. The highest BCUT2D eigenvalue weighted by Gasteiger charge is 2.36. The van der Waals surface area contributed by atoms with E-state index in [-0.39, 0.29) is 24.0 Å². The number of hydrogen-bond donors (Lipinski definition) is 2. The summed E-state index contributed by atoms with van der Waals surface area (Å²) in [5.41, 5.74) is 1.49. The first-order valence-corrected chi connectivity index (χ1v) is 7.74. The van der Waals surface area contributed by atoms with Crippen molar-refractivity contribution in [2.24, 2.45) is 5.92 Å². The van der Waals surface area contributed by atoms with Crippen molar-refractivity contribution in [3.63, 3.8) is 0 Å². The monoisotopic (exact) mass is 278 g/mol. The zero-order chi connectivity index (χ0) is 13.9. The molecule has 2 atom stereocenters. The normalized spacial score (nSPS) is 22.1. The number of carbonyl (C=O) groups is 2. The average molecular weight is 278 g/mol. The zero-order valence-electron chi connectivity index (χ0n) is 10.4. The summed E-state index contributed by atoms with van der Waals surface area (Å²) < 4.78 is 22.2. The summed E-state index contributed by atoms with van der Waals surface area (Å²) in [5, 5.41) is 8.66. The number of sulfone groups is 1. The Morgan fingerprint density at radius 2 is 2.22 bits per heavy atom. The topological polar surface area (TPSA) is 104 Å². The molecule has 0 bridgehead atoms. The predicted molar refractivity (Wildman–Crippen MR) is 63.5 cm³/mol. The second-order valence-corrected chi connectivity index (χ2v) is 6.89. The fourth-order valence-corrected chi connectivity index (χ4v) is 2.64. The molecule has 7 nitrogen and oxygen atoms in total. The van der Waals surface area contributed by atoms with Crippen LogP contribution in [0.25, 0.3) is 0 Å². The van der Waals surface area contributed by atoms with E-state index in [1.807, 2.05) is 0 Å². The van der Waals surface area contributed by atoms with Crippen LogP contribution in [0.4, 0.5) is 0 Å². The SMILES string of the molecule is CC1CCN(C(CCS(C)(=O)=O)C(=O)NO)C1=O. The van der Waals surface area contributed by atoms with Crippen molar-refractivity contribution in [1.82, 2.24) is 10.4 Å². The Morgan fingerprint density at radius 1 is 1.61 bits per heavy atom. The van der Waals surface area contributed by atoms with Crippen LogP contribution in [0.1, 0.15) is 19.8 Å². The van der Waals surface area contributed by atoms with Crippen molar-refractivity contribution >= 4 is 21.7 Å². The fraction of sp³-hybridized carbons (Fsp3) is 0.800. The van der Waals surface area contributed by atoms with Gasteiger partial charge in [0.15, 0.2) is 0 Å². The first kappa shape index (κ1) is 14.9. The minimum atomic E-state index is -3.22. The zero-order valence-corrected chi connectivity index (χ0v) is 11.2. The number of hydroxylamine groups is 1. The standard InChI is InChI=1S/C10H18N2O5S/c1-7-3-5-12(10(7)14)8(9(13)11-15)4-6-18(2,16)17/h7-8,15H,3-6H2,1-2H3,(H,11,13). The van der Waals surface area contributed by atoms with Crippen molar-refractivity contribution in [2.75, 3.05) is 18.6 Å². The van der Waals surface area contributed by atoms with Crippen molar-refractivity contribution in [3.05, 3.63) is 0 Å². The van der Waals surface area contributed by atoms with Gasteiger partial charge in [-0.2, -0.15) is 0 Å². The summed E-state index contributed by atoms with van der Waals surface area (Å²) in [5.74, 6) is -1.31. The molecule has 1 saturated heterocycles. The summed E-state index contributed by atoms with van der Waals surface area (Å²) in [4.78, 5) is 24.7. The molecule has 104 valence electrons. The van der Waals surface area contributed by atoms with Gasteiger partial charge in [0.2, 0.25) is 5.91 Å². The average Bonchev–Trinajstić information content (AvgIpc) is 2.59. The van der Waals surface area contributed by atoms with E-state index in [4.69, 9.17) is 5.21 Å². The van der Waals surface area contributed by atoms with Gasteiger partial charge >= 0.3 is 0 Å². The highest BCUT2D eigenvalue weighted by molar-refractivity contribution is 7.90. The summed E-state index contributed by atoms with van der Waals surface area (Å²) >= 11 is 0. The first-order valence-electron chi connectivity index (χ1n) is 5.68. The largest absolute Gasteiger partial charge is 0.330 e. The number of likely N-dealkylation sites (tertiary alicyclic amines) is 1. The molecule has 0 radical (unpaired) electrons. The molecule has 1 heterocycles. The van der Waals surface area contributed by atoms with Crippen molar-refractivity contribution in [2.45, 2.75) is 25.8 Å². The van der Waals surface area contributed by atoms with Crippen LogP contribution in [0.3, 0.4) is 0 Å². The van der Waals surface area contributed by atoms with Gasteiger partial charge in [-0.05, 0) is 12.8 Å². The van der Waals surface area contributed by atoms with Crippen molar-refractivity contribution < 1.29 is 23.2 Å². The number of nitrogens with zero attached hydrogens (tertiary/aromatic N) is 1. The molecule has 8 heteroatoms. The Morgan fingerprint density at radius 3 is 2.61 bits per heavy atom. The second kappa shape index (κ2) is 5.66. The van der Waals surface area contributed by atoms with E-state index in [0.717, 1.165) is 6.26 Å². The van der Waals surface area contributed by atoms with E-state index in [9.17, 15) is 18.0 Å². The number of amides is 2. The van der Waals surface area contributed by atoms with E-state index in [1.54, 1.807) is 6.92 Å². The van der Waals surface area contributed by atoms with Gasteiger partial charge in [-0.3, -0.25) is 14.8 Å². The van der Waals surface area contributed by atoms with Crippen LogP contribution in [0.15, 0.2) is 0 Å². The van der Waals surface area contributed by atoms with Gasteiger partial charge in [-0.15, -0.1) is 0 Å². The molecule has 0 aromatic heterocycles. The maximum absolute atomic E-state index is 11.8. The minimum Gasteiger partial charge on any atom is -0.330 e. The molecule has 0 saturated carbocycles. The van der Waals surface area contributed by atoms with Crippen LogP contribution >= 0.6 is 0 Å². The minimum absolute atomic E-state index is 0.0102. The van der Waals surface area contributed by atoms with Gasteiger partial charge in [0.25, 0.3) is 5.91 Å². The molecule has 1 fully saturated rings. The second-order valence-electron chi connectivity index (χ2n) is 4.63. The number of nitrogens with one attached hydrogen (secondary N) is 1. The van der Waals surface area contributed by atoms with Gasteiger partial charge < -0.3 is 4.90 Å². The van der Waals surface area contributed by atoms with Crippen LogP contribution in [-0.4, -0.2) is 54.9 Å². The Hall–Kier alpha value is -1.15. The molecule has 1 aliphatic heterocycles. The molecule has 0 aliphatic carbocycles. The molecule has 0 spiro atoms. The van der Waals surface area contributed by atoms with Crippen LogP contribution < -0.4 is 5.48 Å². The molecule has 2 amide bonds. The number of hydrogen-bond acceptors (Lipinski definition) is 5. The van der Waals surface area contributed by atoms with Crippen molar-refractivity contribution in [3.8, 4) is 0 Å². The lowest BCUT2D eigenvalue weighted by Crippen LogP contribution is -2.48. The molecule has 0 aromatic carbocycles. The third-order valence-electron chi connectivity index (χ3n) is 3.06. The van der Waals surface area contributed by atoms with Gasteiger partial charge in [0.1, 0.15) is 15.9 Å². The maximum Gasteiger partial charge on any atom is 0.266 e. The Labute approximate surface area is 106 Å². The van der Waals surface area contributed by atoms with Crippen LogP contribution in [0.5, 0.6) is 0 Å². The lowest BCUT2D eigenvalue weighted by molar-refractivity contribution is -0.143. The number of carbonyl (C=O) groups excluding carboxylic acids is 2. The summed E-state index contributed by atoms with van der Waals surface area (Å²) in [7, 11) is -3.22. The Kier molecular flexibility index (Phi) is 4.69. The molecular formula is C10H18N2O5S. The molecule has 2 N–H and O–H groups in total. The Bertz CT molecular complexity index is 434. The van der Waals surface area contributed by atoms with Gasteiger partial charge in [0, 0.05) is 18.7 Å².